The van der Waals surface area contributed by atoms with Crippen LogP contribution in [0.3, 0.4) is 0 Å². The van der Waals surface area contributed by atoms with Gasteiger partial charge in [-0.25, -0.2) is 0 Å². The molecule has 0 spiro atoms. The Morgan fingerprint density at radius 1 is 0.879 bits per heavy atom. The van der Waals surface area contributed by atoms with Gasteiger partial charge in [-0.2, -0.15) is 0 Å². The molecular formula is C26H32O6Si. The zero-order chi connectivity index (χ0) is 24.1. The summed E-state index contributed by atoms with van der Waals surface area (Å²) >= 11 is 0. The first-order valence-electron chi connectivity index (χ1n) is 11.1. The van der Waals surface area contributed by atoms with Crippen molar-refractivity contribution in [3.05, 3.63) is 73.0 Å². The van der Waals surface area contributed by atoms with Crippen LogP contribution in [0.4, 0.5) is 0 Å². The Balaban J connectivity index is 2.00. The second-order valence-electron chi connectivity index (χ2n) is 9.13. The predicted molar refractivity (Wildman–Crippen MR) is 129 cm³/mol. The number of hydrogen-bond acceptors (Lipinski definition) is 6. The highest BCUT2D eigenvalue weighted by molar-refractivity contribution is 6.99. The van der Waals surface area contributed by atoms with E-state index in [4.69, 9.17) is 18.6 Å². The lowest BCUT2D eigenvalue weighted by Gasteiger charge is -2.44. The molecule has 1 heterocycles. The van der Waals surface area contributed by atoms with Crippen LogP contribution in [0.2, 0.25) is 5.04 Å². The summed E-state index contributed by atoms with van der Waals surface area (Å²) in [7, 11) is -2.81. The Labute approximate surface area is 196 Å². The van der Waals surface area contributed by atoms with Gasteiger partial charge in [0.25, 0.3) is 8.32 Å². The summed E-state index contributed by atoms with van der Waals surface area (Å²) in [5.74, 6) is -0.943. The summed E-state index contributed by atoms with van der Waals surface area (Å²) < 4.78 is 23.6. The molecule has 7 heteroatoms. The van der Waals surface area contributed by atoms with E-state index in [1.807, 2.05) is 36.4 Å². The molecule has 6 nitrogen and oxygen atoms in total. The van der Waals surface area contributed by atoms with E-state index in [0.717, 1.165) is 10.4 Å². The molecule has 2 aromatic rings. The van der Waals surface area contributed by atoms with Crippen LogP contribution in [-0.4, -0.2) is 45.2 Å². The first-order chi connectivity index (χ1) is 15.6. The summed E-state index contributed by atoms with van der Waals surface area (Å²) in [6.45, 7) is 9.36. The molecular weight excluding hydrogens is 436 g/mol. The van der Waals surface area contributed by atoms with Crippen molar-refractivity contribution >= 4 is 30.6 Å². The monoisotopic (exact) mass is 468 g/mol. The van der Waals surface area contributed by atoms with Crippen molar-refractivity contribution in [2.75, 3.05) is 6.61 Å². The molecule has 0 aliphatic carbocycles. The van der Waals surface area contributed by atoms with Crippen LogP contribution >= 0.6 is 0 Å². The molecule has 0 saturated heterocycles. The third-order valence-electron chi connectivity index (χ3n) is 5.70. The fourth-order valence-corrected chi connectivity index (χ4v) is 8.93. The van der Waals surface area contributed by atoms with E-state index in [2.05, 4.69) is 45.0 Å². The van der Waals surface area contributed by atoms with E-state index >= 15 is 0 Å². The lowest BCUT2D eigenvalue weighted by Crippen LogP contribution is -2.67. The first-order valence-corrected chi connectivity index (χ1v) is 13.0. The van der Waals surface area contributed by atoms with Gasteiger partial charge in [0.1, 0.15) is 0 Å². The maximum atomic E-state index is 11.8. The number of benzene rings is 2. The van der Waals surface area contributed by atoms with Crippen LogP contribution in [0, 0.1) is 0 Å². The summed E-state index contributed by atoms with van der Waals surface area (Å²) in [5.41, 5.74) is 0. The van der Waals surface area contributed by atoms with Gasteiger partial charge in [0.05, 0.1) is 12.9 Å². The van der Waals surface area contributed by atoms with Crippen LogP contribution in [0.25, 0.3) is 0 Å². The lowest BCUT2D eigenvalue weighted by atomic mass is 10.1. The summed E-state index contributed by atoms with van der Waals surface area (Å²) in [6.07, 6.45) is 0.869. The van der Waals surface area contributed by atoms with Crippen LogP contribution in [0.5, 0.6) is 0 Å². The summed E-state index contributed by atoms with van der Waals surface area (Å²) in [5, 5.41) is 2.05. The van der Waals surface area contributed by atoms with Gasteiger partial charge in [-0.3, -0.25) is 9.59 Å². The quantitative estimate of drug-likeness (QED) is 0.459. The molecule has 3 rings (SSSR count). The van der Waals surface area contributed by atoms with Crippen molar-refractivity contribution in [1.29, 1.82) is 0 Å². The number of ether oxygens (including phenoxy) is 3. The minimum Gasteiger partial charge on any atom is -0.492 e. The lowest BCUT2D eigenvalue weighted by molar-refractivity contribution is -0.175. The van der Waals surface area contributed by atoms with Crippen LogP contribution in [0.15, 0.2) is 73.0 Å². The summed E-state index contributed by atoms with van der Waals surface area (Å²) in [4.78, 5) is 23.4. The third kappa shape index (κ3) is 5.54. The number of carbonyl (C=O) groups excluding carboxylic acids is 2. The molecule has 2 aromatic carbocycles. The van der Waals surface area contributed by atoms with Crippen molar-refractivity contribution in [3.63, 3.8) is 0 Å². The highest BCUT2D eigenvalue weighted by Gasteiger charge is 2.51. The van der Waals surface area contributed by atoms with Crippen LogP contribution in [0.1, 0.15) is 34.6 Å². The van der Waals surface area contributed by atoms with Crippen molar-refractivity contribution in [3.8, 4) is 0 Å². The molecule has 0 N–H and O–H groups in total. The molecule has 0 amide bonds. The highest BCUT2D eigenvalue weighted by atomic mass is 28.4. The number of esters is 2. The molecule has 1 aliphatic rings. The minimum absolute atomic E-state index is 0.160. The van der Waals surface area contributed by atoms with Gasteiger partial charge in [0.15, 0.2) is 18.3 Å². The van der Waals surface area contributed by atoms with E-state index in [1.54, 1.807) is 6.08 Å². The fourth-order valence-electron chi connectivity index (χ4n) is 4.36. The molecule has 176 valence electrons. The molecule has 0 radical (unpaired) electrons. The Morgan fingerprint density at radius 3 is 1.85 bits per heavy atom. The number of carbonyl (C=O) groups is 2. The maximum absolute atomic E-state index is 11.8. The second kappa shape index (κ2) is 10.4. The van der Waals surface area contributed by atoms with E-state index < -0.39 is 38.6 Å². The van der Waals surface area contributed by atoms with Gasteiger partial charge in [-0.1, -0.05) is 81.4 Å². The molecule has 0 aromatic heterocycles. The smallest absolute Gasteiger partial charge is 0.303 e. The number of rotatable bonds is 7. The first kappa shape index (κ1) is 24.7. The highest BCUT2D eigenvalue weighted by Crippen LogP contribution is 2.37. The maximum Gasteiger partial charge on any atom is 0.303 e. The van der Waals surface area contributed by atoms with Crippen LogP contribution < -0.4 is 10.4 Å². The summed E-state index contributed by atoms with van der Waals surface area (Å²) in [6, 6.07) is 20.5. The average molecular weight is 469 g/mol. The van der Waals surface area contributed by atoms with E-state index in [-0.39, 0.29) is 11.6 Å². The molecule has 0 unspecified atom stereocenters. The second-order valence-corrected chi connectivity index (χ2v) is 13.4. The molecule has 33 heavy (non-hydrogen) atoms. The topological polar surface area (TPSA) is 71.1 Å². The Kier molecular flexibility index (Phi) is 7.76. The SMILES string of the molecule is CC(=O)O[C@H]1[C@H](OC(C)=O)C=CO[C@@H]1CO[Si](c1ccccc1)(c1ccccc1)C(C)(C)C. The van der Waals surface area contributed by atoms with E-state index in [9.17, 15) is 9.59 Å². The Morgan fingerprint density at radius 2 is 1.39 bits per heavy atom. The Bertz CT molecular complexity index is 928. The normalized spacial score (nSPS) is 20.6. The van der Waals surface area contributed by atoms with Gasteiger partial charge < -0.3 is 18.6 Å². The van der Waals surface area contributed by atoms with Gasteiger partial charge >= 0.3 is 11.9 Å². The zero-order valence-corrected chi connectivity index (χ0v) is 20.8. The van der Waals surface area contributed by atoms with Gasteiger partial charge in [0, 0.05) is 13.8 Å². The Hall–Kier alpha value is -2.90. The minimum atomic E-state index is -2.81. The number of hydrogen-bond donors (Lipinski definition) is 0. The van der Waals surface area contributed by atoms with Crippen LogP contribution in [-0.2, 0) is 28.2 Å². The third-order valence-corrected chi connectivity index (χ3v) is 10.7. The van der Waals surface area contributed by atoms with Gasteiger partial charge in [0.2, 0.25) is 0 Å². The molecule has 0 bridgehead atoms. The molecule has 0 fully saturated rings. The van der Waals surface area contributed by atoms with Crippen molar-refractivity contribution in [1.82, 2.24) is 0 Å². The van der Waals surface area contributed by atoms with Crippen molar-refractivity contribution < 1.29 is 28.2 Å². The average Bonchev–Trinajstić information content (AvgIpc) is 2.76. The van der Waals surface area contributed by atoms with Gasteiger partial charge in [-0.05, 0) is 21.5 Å². The van der Waals surface area contributed by atoms with Crippen molar-refractivity contribution in [2.45, 2.75) is 58.0 Å². The molecule has 0 saturated carbocycles. The molecule has 3 atom stereocenters. The fraction of sp³-hybridized carbons (Fsp3) is 0.385. The largest absolute Gasteiger partial charge is 0.492 e. The molecule has 1 aliphatic heterocycles. The predicted octanol–water partition coefficient (Wildman–Crippen LogP) is 3.34. The standard InChI is InChI=1S/C26H32O6Si/c1-19(27)31-23-16-17-29-24(25(23)32-20(2)28)18-30-33(26(3,4)5,21-12-8-6-9-13-21)22-14-10-7-11-15-22/h6-17,23-25H,18H2,1-5H3/t23-,24-,25+/m1/s1. The van der Waals surface area contributed by atoms with E-state index in [1.165, 1.54) is 20.1 Å². The van der Waals surface area contributed by atoms with E-state index in [0.29, 0.717) is 0 Å². The van der Waals surface area contributed by atoms with Crippen molar-refractivity contribution in [2.24, 2.45) is 0 Å². The zero-order valence-electron chi connectivity index (χ0n) is 19.8. The van der Waals surface area contributed by atoms with Gasteiger partial charge in [-0.15, -0.1) is 0 Å².